The van der Waals surface area contributed by atoms with Crippen LogP contribution < -0.4 is 35.8 Å². The van der Waals surface area contributed by atoms with Crippen LogP contribution in [0.25, 0.3) is 0 Å². The van der Waals surface area contributed by atoms with Crippen LogP contribution in [-0.4, -0.2) is 115 Å². The van der Waals surface area contributed by atoms with Crippen LogP contribution in [0.5, 0.6) is 5.75 Å². The lowest BCUT2D eigenvalue weighted by molar-refractivity contribution is -0.137. The summed E-state index contributed by atoms with van der Waals surface area (Å²) in [5, 5.41) is 11.2. The molecule has 2 atom stereocenters. The van der Waals surface area contributed by atoms with Crippen LogP contribution in [0.3, 0.4) is 0 Å². The van der Waals surface area contributed by atoms with Crippen molar-refractivity contribution in [2.24, 2.45) is 0 Å². The molecule has 2 fully saturated rings. The van der Waals surface area contributed by atoms with E-state index in [9.17, 15) is 28.8 Å². The van der Waals surface area contributed by atoms with E-state index in [1.54, 1.807) is 55.6 Å². The summed E-state index contributed by atoms with van der Waals surface area (Å²) < 4.78 is 11.4. The Morgan fingerprint density at radius 2 is 1.80 bits per heavy atom. The highest BCUT2D eigenvalue weighted by Gasteiger charge is 2.42. The number of nitrogens with one attached hydrogen (secondary N) is 4. The predicted octanol–water partition coefficient (Wildman–Crippen LogP) is 2.71. The van der Waals surface area contributed by atoms with Gasteiger partial charge in [-0.25, -0.2) is 9.97 Å². The van der Waals surface area contributed by atoms with Gasteiger partial charge in [0, 0.05) is 86.5 Å². The number of carbonyl (C=O) groups excluding carboxylic acids is 6. The molecule has 0 radical (unpaired) electrons. The van der Waals surface area contributed by atoms with Gasteiger partial charge in [-0.2, -0.15) is 0 Å². The number of piperidine rings is 1. The zero-order valence-electron chi connectivity index (χ0n) is 34.4. The molecule has 4 N–H and O–H groups in total. The maximum atomic E-state index is 13.3. The van der Waals surface area contributed by atoms with Gasteiger partial charge in [0.15, 0.2) is 5.82 Å². The second-order valence-corrected chi connectivity index (χ2v) is 15.5. The number of hydrogen-bond donors (Lipinski definition) is 4. The Morgan fingerprint density at radius 3 is 2.57 bits per heavy atom. The van der Waals surface area contributed by atoms with E-state index in [0.29, 0.717) is 79.6 Å². The Balaban J connectivity index is 0.819. The fourth-order valence-electron chi connectivity index (χ4n) is 8.53. The Morgan fingerprint density at radius 1 is 1.00 bits per heavy atom. The Bertz CT molecular complexity index is 2140. The number of likely N-dealkylation sites (N-methyl/N-ethyl adjacent to an activating group) is 1. The predicted molar refractivity (Wildman–Crippen MR) is 222 cm³/mol. The van der Waals surface area contributed by atoms with Gasteiger partial charge in [0.1, 0.15) is 29.3 Å². The largest absolute Gasteiger partial charge is 0.496 e. The maximum Gasteiger partial charge on any atom is 0.255 e. The number of methoxy groups -OCH3 is 1. The molecule has 7 rings (SSSR count). The second-order valence-electron chi connectivity index (χ2n) is 15.5. The molecule has 1 aromatic heterocycles. The summed E-state index contributed by atoms with van der Waals surface area (Å²) >= 11 is 0. The summed E-state index contributed by atoms with van der Waals surface area (Å²) in [5.41, 5.74) is 3.59. The van der Waals surface area contributed by atoms with Crippen molar-refractivity contribution in [2.45, 2.75) is 89.4 Å². The topological polar surface area (TPSA) is 204 Å². The van der Waals surface area contributed by atoms with E-state index in [2.05, 4.69) is 31.2 Å². The van der Waals surface area contributed by atoms with Crippen LogP contribution in [-0.2, 0) is 36.9 Å². The van der Waals surface area contributed by atoms with E-state index in [1.165, 1.54) is 4.90 Å². The van der Waals surface area contributed by atoms with Crippen LogP contribution >= 0.6 is 0 Å². The molecule has 17 heteroatoms. The van der Waals surface area contributed by atoms with Crippen molar-refractivity contribution in [1.29, 1.82) is 0 Å². The van der Waals surface area contributed by atoms with Crippen molar-refractivity contribution in [3.63, 3.8) is 0 Å². The summed E-state index contributed by atoms with van der Waals surface area (Å²) in [6, 6.07) is 9.68. The van der Waals surface area contributed by atoms with E-state index >= 15 is 0 Å². The molecule has 318 valence electrons. The molecule has 1 unspecified atom stereocenters. The number of aromatic nitrogens is 2. The van der Waals surface area contributed by atoms with E-state index in [-0.39, 0.29) is 67.4 Å². The Kier molecular flexibility index (Phi) is 13.3. The fourth-order valence-corrected chi connectivity index (χ4v) is 8.53. The van der Waals surface area contributed by atoms with Gasteiger partial charge in [0.05, 0.1) is 26.5 Å². The maximum absolute atomic E-state index is 13.3. The minimum atomic E-state index is -0.731. The highest BCUT2D eigenvalue weighted by Crippen LogP contribution is 2.40. The third-order valence-corrected chi connectivity index (χ3v) is 11.7. The molecule has 1 saturated heterocycles. The molecular weight excluding hydrogens is 771 g/mol. The van der Waals surface area contributed by atoms with E-state index in [0.717, 1.165) is 42.8 Å². The molecule has 1 saturated carbocycles. The molecule has 4 heterocycles. The van der Waals surface area contributed by atoms with Crippen molar-refractivity contribution in [2.75, 3.05) is 62.1 Å². The van der Waals surface area contributed by atoms with Gasteiger partial charge >= 0.3 is 0 Å². The highest BCUT2D eigenvalue weighted by molar-refractivity contribution is 6.07. The molecule has 0 bridgehead atoms. The van der Waals surface area contributed by atoms with Crippen LogP contribution in [0, 0.1) is 0 Å². The van der Waals surface area contributed by atoms with Crippen molar-refractivity contribution in [3.8, 4) is 5.75 Å². The Labute approximate surface area is 348 Å². The van der Waals surface area contributed by atoms with Gasteiger partial charge < -0.3 is 40.1 Å². The number of fused-ring (bicyclic) bond motifs is 2. The van der Waals surface area contributed by atoms with E-state index in [1.807, 2.05) is 13.0 Å². The molecule has 60 heavy (non-hydrogen) atoms. The van der Waals surface area contributed by atoms with Gasteiger partial charge in [-0.3, -0.25) is 34.1 Å². The summed E-state index contributed by atoms with van der Waals surface area (Å²) in [4.78, 5) is 91.0. The first-order valence-corrected chi connectivity index (χ1v) is 20.8. The summed E-state index contributed by atoms with van der Waals surface area (Å²) in [7, 11) is 3.35. The molecule has 4 aliphatic rings. The van der Waals surface area contributed by atoms with Gasteiger partial charge in [-0.1, -0.05) is 31.9 Å². The summed E-state index contributed by atoms with van der Waals surface area (Å²) in [6.07, 6.45) is 7.81. The minimum absolute atomic E-state index is 0.0705. The smallest absolute Gasteiger partial charge is 0.255 e. The number of anilines is 3. The first-order valence-electron chi connectivity index (χ1n) is 20.8. The van der Waals surface area contributed by atoms with Crippen LogP contribution in [0.1, 0.15) is 96.0 Å². The summed E-state index contributed by atoms with van der Waals surface area (Å²) in [6.45, 7) is 4.07. The van der Waals surface area contributed by atoms with Gasteiger partial charge in [-0.05, 0) is 49.9 Å². The molecule has 1 aliphatic carbocycles. The molecule has 6 amide bonds. The average Bonchev–Trinajstić information content (AvgIpc) is 3.90. The van der Waals surface area contributed by atoms with Crippen molar-refractivity contribution in [3.05, 3.63) is 70.7 Å². The molecule has 3 aliphatic heterocycles. The van der Waals surface area contributed by atoms with E-state index < -0.39 is 11.9 Å². The van der Waals surface area contributed by atoms with Crippen molar-refractivity contribution in [1.82, 2.24) is 30.8 Å². The van der Waals surface area contributed by atoms with Crippen molar-refractivity contribution >= 4 is 52.6 Å². The SMILES string of the molecule is CC[C@@H]1C(=O)N(C)c2cnc(Cc3ccc(C(=O)NCCOCCNCCC(=O)Nc4cccc5c4CN(C4CCC(=O)NC4=O)C5=O)cc3OC)nc2N1C1CCCC1. The van der Waals surface area contributed by atoms with Gasteiger partial charge in [-0.15, -0.1) is 0 Å². The lowest BCUT2D eigenvalue weighted by atomic mass is 10.0. The number of carbonyl (C=O) groups is 6. The van der Waals surface area contributed by atoms with Gasteiger partial charge in [0.2, 0.25) is 23.6 Å². The third-order valence-electron chi connectivity index (χ3n) is 11.7. The van der Waals surface area contributed by atoms with Crippen LogP contribution in [0.4, 0.5) is 17.2 Å². The van der Waals surface area contributed by atoms with Gasteiger partial charge in [0.25, 0.3) is 11.8 Å². The zero-order chi connectivity index (χ0) is 42.3. The fraction of sp³-hybridized carbons (Fsp3) is 0.488. The molecule has 3 aromatic rings. The lowest BCUT2D eigenvalue weighted by Crippen LogP contribution is -2.55. The first-order chi connectivity index (χ1) is 29.1. The first kappa shape index (κ1) is 42.2. The molecular formula is C43H53N9O8. The third kappa shape index (κ3) is 9.11. The minimum Gasteiger partial charge on any atom is -0.496 e. The van der Waals surface area contributed by atoms with Crippen molar-refractivity contribution < 1.29 is 38.2 Å². The molecule has 0 spiro atoms. The number of benzene rings is 2. The van der Waals surface area contributed by atoms with Crippen LogP contribution in [0.2, 0.25) is 0 Å². The molecule has 2 aromatic carbocycles. The number of amides is 6. The Hall–Kier alpha value is -5.94. The monoisotopic (exact) mass is 823 g/mol. The number of rotatable bonds is 17. The van der Waals surface area contributed by atoms with Crippen LogP contribution in [0.15, 0.2) is 42.6 Å². The number of nitrogens with zero attached hydrogens (tertiary/aromatic N) is 5. The second kappa shape index (κ2) is 19.0. The lowest BCUT2D eigenvalue weighted by Gasteiger charge is -2.43. The summed E-state index contributed by atoms with van der Waals surface area (Å²) in [5.74, 6) is 0.393. The highest BCUT2D eigenvalue weighted by atomic mass is 16.5. The van der Waals surface area contributed by atoms with E-state index in [4.69, 9.17) is 14.5 Å². The normalized spacial score (nSPS) is 19.0. The standard InChI is InChI=1S/C43H53N9O8/c1-4-32-43(58)50(2)34-24-46-36(48-39(34)52(32)28-8-5-6-9-28)23-26-12-13-27(22-35(26)59-3)40(55)45-19-21-60-20-18-44-17-16-38(54)47-31-11-7-10-29-30(31)25-51(42(29)57)33-14-15-37(53)49-41(33)56/h7,10-13,22,24,28,32-33,44H,4-6,8-9,14-21,23,25H2,1-3H3,(H,45,55)(H,47,54)(H,49,53,56)/t32-,33?/m1/s1. The zero-order valence-corrected chi connectivity index (χ0v) is 34.4. The average molecular weight is 824 g/mol. The quantitative estimate of drug-likeness (QED) is 0.115. The molecule has 17 nitrogen and oxygen atoms in total. The number of hydrogen-bond acceptors (Lipinski definition) is 12. The number of imide groups is 1. The number of ether oxygens (including phenoxy) is 2.